The molecule has 0 aliphatic carbocycles. The summed E-state index contributed by atoms with van der Waals surface area (Å²) in [4.78, 5) is 4.15. The van der Waals surface area contributed by atoms with Crippen molar-refractivity contribution in [3.05, 3.63) is 65.8 Å². The maximum absolute atomic E-state index is 6.03. The topological polar surface area (TPSA) is 48.1 Å². The predicted octanol–water partition coefficient (Wildman–Crippen LogP) is 5.57. The highest BCUT2D eigenvalue weighted by Crippen LogP contribution is 2.30. The van der Waals surface area contributed by atoms with E-state index in [1.54, 1.807) is 11.3 Å². The molecule has 2 heterocycles. The van der Waals surface area contributed by atoms with E-state index in [0.29, 0.717) is 0 Å². The lowest BCUT2D eigenvalue weighted by Gasteiger charge is -2.15. The van der Waals surface area contributed by atoms with Gasteiger partial charge >= 0.3 is 0 Å². The first-order valence-electron chi connectivity index (χ1n) is 8.36. The summed E-state index contributed by atoms with van der Waals surface area (Å²) >= 11 is 2.96. The molecule has 25 heavy (non-hydrogen) atoms. The van der Waals surface area contributed by atoms with Crippen molar-refractivity contribution in [2.75, 3.05) is 0 Å². The van der Waals surface area contributed by atoms with Crippen LogP contribution in [0.15, 0.2) is 64.4 Å². The third-order valence-corrected chi connectivity index (χ3v) is 5.66. The van der Waals surface area contributed by atoms with E-state index in [0.717, 1.165) is 29.2 Å². The summed E-state index contributed by atoms with van der Waals surface area (Å²) in [6.45, 7) is 2.13. The maximum Gasteiger partial charge on any atom is 0.119 e. The summed E-state index contributed by atoms with van der Waals surface area (Å²) in [5, 5.41) is 7.73. The Morgan fingerprint density at radius 1 is 1.20 bits per heavy atom. The van der Waals surface area contributed by atoms with Gasteiger partial charge in [0, 0.05) is 12.4 Å². The first-order valence-corrected chi connectivity index (χ1v) is 10.1. The summed E-state index contributed by atoms with van der Waals surface area (Å²) in [6.07, 6.45) is 7.11. The van der Waals surface area contributed by atoms with Crippen molar-refractivity contribution < 1.29 is 4.74 Å². The zero-order valence-corrected chi connectivity index (χ0v) is 15.9. The number of ether oxygens (including phenoxy) is 1. The van der Waals surface area contributed by atoms with Gasteiger partial charge in [-0.1, -0.05) is 18.2 Å². The Morgan fingerprint density at radius 2 is 2.04 bits per heavy atom. The molecule has 5 heteroatoms. The van der Waals surface area contributed by atoms with Crippen LogP contribution in [0.3, 0.4) is 0 Å². The Balaban J connectivity index is 1.49. The molecule has 130 valence electrons. The van der Waals surface area contributed by atoms with Crippen LogP contribution in [0.1, 0.15) is 25.3 Å². The Bertz CT molecular complexity index is 772. The van der Waals surface area contributed by atoms with Gasteiger partial charge in [0.05, 0.1) is 10.3 Å². The molecular weight excluding hydrogens is 348 g/mol. The van der Waals surface area contributed by atoms with Crippen molar-refractivity contribution in [2.45, 2.75) is 36.5 Å². The molecule has 0 aliphatic heterocycles. The lowest BCUT2D eigenvalue weighted by molar-refractivity contribution is 0.208. The molecule has 0 radical (unpaired) electrons. The summed E-state index contributed by atoms with van der Waals surface area (Å²) in [5.41, 5.74) is 3.67. The normalized spacial score (nSPS) is 12.1. The van der Waals surface area contributed by atoms with Crippen molar-refractivity contribution in [2.24, 2.45) is 5.14 Å². The predicted molar refractivity (Wildman–Crippen MR) is 107 cm³/mol. The van der Waals surface area contributed by atoms with Crippen LogP contribution in [0, 0.1) is 0 Å². The number of pyridine rings is 1. The Hall–Kier alpha value is -1.82. The monoisotopic (exact) mass is 370 g/mol. The second-order valence-electron chi connectivity index (χ2n) is 5.98. The lowest BCUT2D eigenvalue weighted by Crippen LogP contribution is -2.11. The van der Waals surface area contributed by atoms with Crippen molar-refractivity contribution in [1.29, 1.82) is 0 Å². The average Bonchev–Trinajstić information content (AvgIpc) is 3.12. The van der Waals surface area contributed by atoms with Crippen molar-refractivity contribution >= 4 is 23.3 Å². The summed E-state index contributed by atoms with van der Waals surface area (Å²) in [5.74, 6) is 0.918. The van der Waals surface area contributed by atoms with Gasteiger partial charge in [-0.3, -0.25) is 10.1 Å². The third-order valence-electron chi connectivity index (χ3n) is 4.02. The average molecular weight is 371 g/mol. The van der Waals surface area contributed by atoms with Gasteiger partial charge in [0.25, 0.3) is 0 Å². The van der Waals surface area contributed by atoms with Crippen molar-refractivity contribution in [1.82, 2.24) is 4.98 Å². The van der Waals surface area contributed by atoms with Crippen LogP contribution in [0.25, 0.3) is 11.1 Å². The van der Waals surface area contributed by atoms with Gasteiger partial charge in [0.1, 0.15) is 5.75 Å². The highest BCUT2D eigenvalue weighted by Gasteiger charge is 2.06. The third kappa shape index (κ3) is 5.33. The zero-order valence-electron chi connectivity index (χ0n) is 14.2. The van der Waals surface area contributed by atoms with Gasteiger partial charge in [-0.2, -0.15) is 0 Å². The quantitative estimate of drug-likeness (QED) is 0.527. The number of rotatable bonds is 8. The fraction of sp³-hybridized carbons (Fsp3) is 0.250. The molecule has 2 aromatic heterocycles. The van der Waals surface area contributed by atoms with Crippen LogP contribution in [-0.4, -0.2) is 11.1 Å². The minimum absolute atomic E-state index is 0.198. The van der Waals surface area contributed by atoms with E-state index in [2.05, 4.69) is 41.6 Å². The van der Waals surface area contributed by atoms with E-state index in [1.165, 1.54) is 28.6 Å². The molecular formula is C20H22N2OS2. The van der Waals surface area contributed by atoms with Crippen LogP contribution < -0.4 is 9.88 Å². The first-order chi connectivity index (χ1) is 12.2. The molecule has 0 unspecified atom stereocenters. The number of hydrogen-bond donors (Lipinski definition) is 1. The standard InChI is InChI=1S/C20H22N2OS2/c1-15(4-2-5-16-6-3-11-22-13-16)23-19-9-7-17(8-10-19)18-12-20(25-21)24-14-18/h3,6-15H,2,4-5,21H2,1H3/t15-/m0/s1. The Labute approximate surface area is 157 Å². The van der Waals surface area contributed by atoms with E-state index in [-0.39, 0.29) is 6.10 Å². The first kappa shape index (κ1) is 18.0. The zero-order chi connectivity index (χ0) is 17.5. The van der Waals surface area contributed by atoms with Crippen LogP contribution >= 0.6 is 23.3 Å². The summed E-state index contributed by atoms with van der Waals surface area (Å²) in [6, 6.07) is 14.5. The second kappa shape index (κ2) is 9.04. The van der Waals surface area contributed by atoms with Crippen LogP contribution in [0.4, 0.5) is 0 Å². The molecule has 2 N–H and O–H groups in total. The molecule has 0 bridgehead atoms. The van der Waals surface area contributed by atoms with Gasteiger partial charge in [-0.25, -0.2) is 0 Å². The Morgan fingerprint density at radius 3 is 2.72 bits per heavy atom. The molecule has 0 fully saturated rings. The lowest BCUT2D eigenvalue weighted by atomic mass is 10.1. The summed E-state index contributed by atoms with van der Waals surface area (Å²) < 4.78 is 7.16. The largest absolute Gasteiger partial charge is 0.491 e. The summed E-state index contributed by atoms with van der Waals surface area (Å²) in [7, 11) is 0. The molecule has 3 rings (SSSR count). The van der Waals surface area contributed by atoms with Crippen LogP contribution in [-0.2, 0) is 6.42 Å². The van der Waals surface area contributed by atoms with E-state index < -0.39 is 0 Å². The van der Waals surface area contributed by atoms with Gasteiger partial charge in [-0.05, 0) is 84.5 Å². The molecule has 3 nitrogen and oxygen atoms in total. The van der Waals surface area contributed by atoms with Gasteiger partial charge in [-0.15, -0.1) is 11.3 Å². The van der Waals surface area contributed by atoms with Crippen LogP contribution in [0.5, 0.6) is 5.75 Å². The van der Waals surface area contributed by atoms with Gasteiger partial charge in [0.15, 0.2) is 0 Å². The molecule has 0 saturated heterocycles. The molecule has 0 spiro atoms. The molecule has 0 saturated carbocycles. The number of thiophene rings is 1. The fourth-order valence-electron chi connectivity index (χ4n) is 2.69. The van der Waals surface area contributed by atoms with E-state index in [9.17, 15) is 0 Å². The molecule has 1 atom stereocenters. The smallest absolute Gasteiger partial charge is 0.119 e. The number of hydrogen-bond acceptors (Lipinski definition) is 5. The maximum atomic E-state index is 6.03. The number of nitrogens with two attached hydrogens (primary N) is 1. The van der Waals surface area contributed by atoms with Gasteiger partial charge in [0.2, 0.25) is 0 Å². The molecule has 1 aromatic carbocycles. The number of benzene rings is 1. The van der Waals surface area contributed by atoms with Gasteiger partial charge < -0.3 is 4.74 Å². The number of aryl methyl sites for hydroxylation is 1. The van der Waals surface area contributed by atoms with Crippen LogP contribution in [0.2, 0.25) is 0 Å². The minimum atomic E-state index is 0.198. The fourth-order valence-corrected chi connectivity index (χ4v) is 3.89. The van der Waals surface area contributed by atoms with E-state index in [1.807, 2.05) is 30.6 Å². The number of nitrogens with zero attached hydrogens (tertiary/aromatic N) is 1. The second-order valence-corrected chi connectivity index (χ2v) is 7.82. The SMILES string of the molecule is C[C@@H](CCCc1cccnc1)Oc1ccc(-c2csc(SN)c2)cc1. The minimum Gasteiger partial charge on any atom is -0.491 e. The Kier molecular flexibility index (Phi) is 6.50. The molecule has 0 aliphatic rings. The number of aromatic nitrogens is 1. The van der Waals surface area contributed by atoms with Crippen molar-refractivity contribution in [3.8, 4) is 16.9 Å². The molecule has 3 aromatic rings. The van der Waals surface area contributed by atoms with E-state index in [4.69, 9.17) is 9.88 Å². The highest BCUT2D eigenvalue weighted by molar-refractivity contribution is 7.99. The highest BCUT2D eigenvalue weighted by atomic mass is 32.2. The molecule has 0 amide bonds. The van der Waals surface area contributed by atoms with Crippen molar-refractivity contribution in [3.63, 3.8) is 0 Å². The van der Waals surface area contributed by atoms with E-state index >= 15 is 0 Å².